The molecule has 1 fully saturated rings. The molecular formula is C25H30ClFO7. The molecule has 0 aromatic heterocycles. The number of rotatable bonds is 6. The van der Waals surface area contributed by atoms with Crippen LogP contribution in [0.5, 0.6) is 5.75 Å². The van der Waals surface area contributed by atoms with E-state index in [1.807, 2.05) is 19.1 Å². The number of hydrogen-bond acceptors (Lipinski definition) is 7. The van der Waals surface area contributed by atoms with E-state index in [1.54, 1.807) is 12.1 Å². The van der Waals surface area contributed by atoms with Gasteiger partial charge in [-0.05, 0) is 65.6 Å². The van der Waals surface area contributed by atoms with Gasteiger partial charge >= 0.3 is 0 Å². The maximum Gasteiger partial charge on any atom is 0.186 e. The van der Waals surface area contributed by atoms with E-state index in [1.165, 1.54) is 13.2 Å². The first kappa shape index (κ1) is 25.3. The van der Waals surface area contributed by atoms with Crippen molar-refractivity contribution in [3.63, 3.8) is 0 Å². The number of halogens is 2. The quantitative estimate of drug-likeness (QED) is 0.485. The SMILES string of the molecule is COc1cc(C2c3cc(Cl)c(C)cc3C[C@H](CO)[C@H]2CO[C@@H]2OC[C@@H](O)[C@H](O)[C@H]2O)ccc1F. The predicted octanol–water partition coefficient (Wildman–Crippen LogP) is 2.16. The van der Waals surface area contributed by atoms with Crippen molar-refractivity contribution in [3.8, 4) is 5.75 Å². The normalized spacial score (nSPS) is 31.2. The molecule has 0 saturated carbocycles. The molecule has 2 aromatic rings. The van der Waals surface area contributed by atoms with Crippen LogP contribution < -0.4 is 4.74 Å². The zero-order valence-corrected chi connectivity index (χ0v) is 19.8. The molecule has 1 saturated heterocycles. The number of methoxy groups -OCH3 is 1. The van der Waals surface area contributed by atoms with Crippen molar-refractivity contribution >= 4 is 11.6 Å². The molecule has 0 radical (unpaired) electrons. The van der Waals surface area contributed by atoms with Crippen LogP contribution in [0.2, 0.25) is 5.02 Å². The summed E-state index contributed by atoms with van der Waals surface area (Å²) in [4.78, 5) is 0. The van der Waals surface area contributed by atoms with Crippen molar-refractivity contribution in [1.29, 1.82) is 0 Å². The molecule has 0 bridgehead atoms. The van der Waals surface area contributed by atoms with Gasteiger partial charge in [0.25, 0.3) is 0 Å². The van der Waals surface area contributed by atoms with Crippen LogP contribution >= 0.6 is 11.6 Å². The second-order valence-corrected chi connectivity index (χ2v) is 9.47. The fraction of sp³-hybridized carbons (Fsp3) is 0.520. The van der Waals surface area contributed by atoms with E-state index < -0.39 is 30.4 Å². The molecule has 1 aliphatic heterocycles. The molecule has 9 heteroatoms. The Morgan fingerprint density at radius 2 is 1.91 bits per heavy atom. The van der Waals surface area contributed by atoms with E-state index in [0.717, 1.165) is 22.3 Å². The summed E-state index contributed by atoms with van der Waals surface area (Å²) in [5.41, 5.74) is 3.68. The van der Waals surface area contributed by atoms with Gasteiger partial charge in [-0.3, -0.25) is 0 Å². The highest BCUT2D eigenvalue weighted by Crippen LogP contribution is 2.46. The minimum absolute atomic E-state index is 0.0745. The molecule has 7 atom stereocenters. The largest absolute Gasteiger partial charge is 0.494 e. The molecule has 1 unspecified atom stereocenters. The van der Waals surface area contributed by atoms with Gasteiger partial charge in [0.2, 0.25) is 0 Å². The summed E-state index contributed by atoms with van der Waals surface area (Å²) in [5, 5.41) is 40.8. The predicted molar refractivity (Wildman–Crippen MR) is 122 cm³/mol. The van der Waals surface area contributed by atoms with E-state index in [0.29, 0.717) is 11.4 Å². The van der Waals surface area contributed by atoms with E-state index in [2.05, 4.69) is 0 Å². The van der Waals surface area contributed by atoms with Crippen molar-refractivity contribution in [2.24, 2.45) is 11.8 Å². The van der Waals surface area contributed by atoms with Crippen LogP contribution in [-0.2, 0) is 15.9 Å². The Morgan fingerprint density at radius 3 is 2.62 bits per heavy atom. The Hall–Kier alpha value is -1.78. The zero-order valence-electron chi connectivity index (χ0n) is 19.0. The number of benzene rings is 2. The van der Waals surface area contributed by atoms with Crippen molar-refractivity contribution in [2.45, 2.75) is 43.9 Å². The van der Waals surface area contributed by atoms with Crippen LogP contribution in [0.3, 0.4) is 0 Å². The van der Waals surface area contributed by atoms with E-state index in [4.69, 9.17) is 25.8 Å². The number of aryl methyl sites for hydroxylation is 1. The lowest BCUT2D eigenvalue weighted by Crippen LogP contribution is -2.54. The fourth-order valence-electron chi connectivity index (χ4n) is 5.02. The Balaban J connectivity index is 1.72. The van der Waals surface area contributed by atoms with Gasteiger partial charge in [0.15, 0.2) is 17.9 Å². The lowest BCUT2D eigenvalue weighted by Gasteiger charge is -2.41. The Bertz CT molecular complexity index is 1020. The van der Waals surface area contributed by atoms with Crippen LogP contribution in [0.1, 0.15) is 28.2 Å². The smallest absolute Gasteiger partial charge is 0.186 e. The molecule has 4 N–H and O–H groups in total. The first-order valence-electron chi connectivity index (χ1n) is 11.3. The van der Waals surface area contributed by atoms with Gasteiger partial charge < -0.3 is 34.6 Å². The molecular weight excluding hydrogens is 467 g/mol. The Labute approximate surface area is 202 Å². The van der Waals surface area contributed by atoms with Crippen LogP contribution in [0, 0.1) is 24.6 Å². The van der Waals surface area contributed by atoms with Crippen molar-refractivity contribution in [2.75, 3.05) is 26.9 Å². The number of aliphatic hydroxyl groups excluding tert-OH is 4. The van der Waals surface area contributed by atoms with Crippen LogP contribution in [-0.4, -0.2) is 72.0 Å². The molecule has 0 spiro atoms. The maximum atomic E-state index is 14.2. The molecule has 1 aliphatic carbocycles. The maximum absolute atomic E-state index is 14.2. The van der Waals surface area contributed by atoms with Gasteiger partial charge in [-0.1, -0.05) is 23.7 Å². The standard InChI is InChI=1S/C25H30ClFO7/c1-12-5-14-6-15(9-28)17(10-33-25-24(31)23(30)20(29)11-34-25)22(16(14)8-18(12)26)13-3-4-19(27)21(7-13)32-2/h3-5,7-8,15,17,20,22-25,28-31H,6,9-11H2,1-2H3/t15-,17-,20-,22?,23+,24-,25-/m1/s1. The highest BCUT2D eigenvalue weighted by atomic mass is 35.5. The minimum atomic E-state index is -1.42. The van der Waals surface area contributed by atoms with Gasteiger partial charge in [0, 0.05) is 17.5 Å². The molecule has 34 heavy (non-hydrogen) atoms. The lowest BCUT2D eigenvalue weighted by atomic mass is 9.66. The molecule has 2 aliphatic rings. The van der Waals surface area contributed by atoms with Crippen LogP contribution in [0.15, 0.2) is 30.3 Å². The highest BCUT2D eigenvalue weighted by molar-refractivity contribution is 6.31. The van der Waals surface area contributed by atoms with Gasteiger partial charge in [-0.15, -0.1) is 0 Å². The summed E-state index contributed by atoms with van der Waals surface area (Å²) in [7, 11) is 1.40. The molecule has 7 nitrogen and oxygen atoms in total. The first-order valence-corrected chi connectivity index (χ1v) is 11.6. The zero-order chi connectivity index (χ0) is 24.6. The highest BCUT2D eigenvalue weighted by Gasteiger charge is 2.42. The molecule has 4 rings (SSSR count). The Kier molecular flexibility index (Phi) is 7.79. The summed E-state index contributed by atoms with van der Waals surface area (Å²) >= 11 is 6.48. The summed E-state index contributed by atoms with van der Waals surface area (Å²) in [6.45, 7) is 1.71. The fourth-order valence-corrected chi connectivity index (χ4v) is 5.19. The third kappa shape index (κ3) is 4.81. The monoisotopic (exact) mass is 496 g/mol. The number of fused-ring (bicyclic) bond motifs is 1. The third-order valence-electron chi connectivity index (χ3n) is 6.95. The third-order valence-corrected chi connectivity index (χ3v) is 7.35. The van der Waals surface area contributed by atoms with Crippen molar-refractivity contribution in [3.05, 3.63) is 63.4 Å². The Morgan fingerprint density at radius 1 is 1.15 bits per heavy atom. The van der Waals surface area contributed by atoms with Gasteiger partial charge in [-0.25, -0.2) is 4.39 Å². The molecule has 1 heterocycles. The second-order valence-electron chi connectivity index (χ2n) is 9.07. The topological polar surface area (TPSA) is 109 Å². The molecule has 0 amide bonds. The first-order chi connectivity index (χ1) is 16.2. The van der Waals surface area contributed by atoms with Crippen LogP contribution in [0.25, 0.3) is 0 Å². The summed E-state index contributed by atoms with van der Waals surface area (Å²) < 4.78 is 30.7. The minimum Gasteiger partial charge on any atom is -0.494 e. The van der Waals surface area contributed by atoms with E-state index in [9.17, 15) is 24.8 Å². The summed E-state index contributed by atoms with van der Waals surface area (Å²) in [5.74, 6) is -1.19. The second kappa shape index (κ2) is 10.5. The van der Waals surface area contributed by atoms with E-state index >= 15 is 0 Å². The molecule has 2 aromatic carbocycles. The lowest BCUT2D eigenvalue weighted by molar-refractivity contribution is -0.274. The molecule has 186 valence electrons. The average Bonchev–Trinajstić information content (AvgIpc) is 2.83. The summed E-state index contributed by atoms with van der Waals surface area (Å²) in [6, 6.07) is 8.57. The van der Waals surface area contributed by atoms with E-state index in [-0.39, 0.29) is 43.3 Å². The number of aliphatic hydroxyl groups is 4. The van der Waals surface area contributed by atoms with Gasteiger partial charge in [-0.2, -0.15) is 0 Å². The number of ether oxygens (including phenoxy) is 3. The van der Waals surface area contributed by atoms with Gasteiger partial charge in [0.05, 0.1) is 20.3 Å². The van der Waals surface area contributed by atoms with Crippen molar-refractivity contribution in [1.82, 2.24) is 0 Å². The van der Waals surface area contributed by atoms with Crippen molar-refractivity contribution < 1.29 is 39.0 Å². The summed E-state index contributed by atoms with van der Waals surface area (Å²) in [6.07, 6.45) is -4.56. The van der Waals surface area contributed by atoms with Gasteiger partial charge in [0.1, 0.15) is 18.3 Å². The number of hydrogen-bond donors (Lipinski definition) is 4. The average molecular weight is 497 g/mol. The van der Waals surface area contributed by atoms with Crippen LogP contribution in [0.4, 0.5) is 4.39 Å².